The van der Waals surface area contributed by atoms with E-state index < -0.39 is 22.8 Å². The Balaban J connectivity index is 3.50. The van der Waals surface area contributed by atoms with Crippen molar-refractivity contribution < 1.29 is 13.6 Å². The summed E-state index contributed by atoms with van der Waals surface area (Å²) in [5, 5.41) is -1.05. The SMILES string of the molecule is Nc1ncc(Br)c(C(F)F)c1C(=O)Cl. The summed E-state index contributed by atoms with van der Waals surface area (Å²) in [6.07, 6.45) is -1.74. The molecule has 0 bridgehead atoms. The number of aromatic nitrogens is 1. The van der Waals surface area contributed by atoms with Crippen LogP contribution in [-0.2, 0) is 0 Å². The van der Waals surface area contributed by atoms with E-state index in [1.807, 2.05) is 0 Å². The lowest BCUT2D eigenvalue weighted by atomic mass is 10.1. The van der Waals surface area contributed by atoms with Gasteiger partial charge in [0.25, 0.3) is 11.7 Å². The van der Waals surface area contributed by atoms with E-state index in [-0.39, 0.29) is 10.3 Å². The standard InChI is InChI=1S/C7H4BrClF2N2O/c8-2-1-13-7(12)4(5(9)14)3(2)6(10)11/h1,6H,(H2,12,13). The minimum Gasteiger partial charge on any atom is -0.383 e. The van der Waals surface area contributed by atoms with E-state index in [0.717, 1.165) is 6.20 Å². The van der Waals surface area contributed by atoms with Crippen molar-refractivity contribution >= 4 is 38.6 Å². The maximum atomic E-state index is 12.5. The van der Waals surface area contributed by atoms with Gasteiger partial charge in [0.1, 0.15) is 5.82 Å². The number of hydrogen-bond acceptors (Lipinski definition) is 3. The summed E-state index contributed by atoms with van der Waals surface area (Å²) in [5.41, 5.74) is 4.28. The number of hydrogen-bond donors (Lipinski definition) is 1. The van der Waals surface area contributed by atoms with E-state index in [4.69, 9.17) is 17.3 Å². The number of nitrogen functional groups attached to an aromatic ring is 1. The Morgan fingerprint density at radius 1 is 1.64 bits per heavy atom. The van der Waals surface area contributed by atoms with E-state index in [1.165, 1.54) is 0 Å². The maximum absolute atomic E-state index is 12.5. The van der Waals surface area contributed by atoms with Crippen molar-refractivity contribution in [3.8, 4) is 0 Å². The lowest BCUT2D eigenvalue weighted by molar-refractivity contribution is 0.106. The highest BCUT2D eigenvalue weighted by Gasteiger charge is 2.23. The van der Waals surface area contributed by atoms with Gasteiger partial charge in [-0.15, -0.1) is 0 Å². The van der Waals surface area contributed by atoms with Gasteiger partial charge < -0.3 is 5.73 Å². The van der Waals surface area contributed by atoms with Crippen LogP contribution < -0.4 is 5.73 Å². The molecule has 76 valence electrons. The van der Waals surface area contributed by atoms with Crippen molar-refractivity contribution in [1.29, 1.82) is 0 Å². The Labute approximate surface area is 91.4 Å². The number of nitrogens with two attached hydrogens (primary N) is 1. The van der Waals surface area contributed by atoms with Crippen molar-refractivity contribution in [1.82, 2.24) is 4.98 Å². The highest BCUT2D eigenvalue weighted by atomic mass is 79.9. The second kappa shape index (κ2) is 4.18. The number of pyridine rings is 1. The molecular formula is C7H4BrClF2N2O. The molecule has 1 aromatic rings. The van der Waals surface area contributed by atoms with E-state index in [1.54, 1.807) is 0 Å². The van der Waals surface area contributed by atoms with Crippen LogP contribution in [0.15, 0.2) is 10.7 Å². The van der Waals surface area contributed by atoms with Gasteiger partial charge in [0, 0.05) is 16.2 Å². The van der Waals surface area contributed by atoms with Gasteiger partial charge in [-0.1, -0.05) is 0 Å². The molecule has 1 rings (SSSR count). The fourth-order valence-electron chi connectivity index (χ4n) is 0.938. The third kappa shape index (κ3) is 2.01. The molecule has 0 aliphatic heterocycles. The molecule has 14 heavy (non-hydrogen) atoms. The Morgan fingerprint density at radius 3 is 2.57 bits per heavy atom. The Morgan fingerprint density at radius 2 is 2.21 bits per heavy atom. The molecule has 0 spiro atoms. The summed E-state index contributed by atoms with van der Waals surface area (Å²) in [4.78, 5) is 14.4. The molecule has 1 aromatic heterocycles. The normalized spacial score (nSPS) is 10.6. The van der Waals surface area contributed by atoms with Crippen LogP contribution in [-0.4, -0.2) is 10.2 Å². The van der Waals surface area contributed by atoms with Crippen LogP contribution >= 0.6 is 27.5 Å². The molecule has 2 N–H and O–H groups in total. The van der Waals surface area contributed by atoms with Gasteiger partial charge in [-0.3, -0.25) is 4.79 Å². The monoisotopic (exact) mass is 284 g/mol. The number of rotatable bonds is 2. The zero-order valence-corrected chi connectivity index (χ0v) is 8.94. The Bertz CT molecular complexity index is 386. The quantitative estimate of drug-likeness (QED) is 0.850. The van der Waals surface area contributed by atoms with Gasteiger partial charge in [0.15, 0.2) is 0 Å². The van der Waals surface area contributed by atoms with Crippen LogP contribution in [0.4, 0.5) is 14.6 Å². The van der Waals surface area contributed by atoms with Crippen LogP contribution in [0, 0.1) is 0 Å². The van der Waals surface area contributed by atoms with Gasteiger partial charge in [0.05, 0.1) is 5.56 Å². The molecule has 0 unspecified atom stereocenters. The number of alkyl halides is 2. The molecule has 0 saturated heterocycles. The molecule has 3 nitrogen and oxygen atoms in total. The molecule has 0 radical (unpaired) electrons. The Kier molecular flexibility index (Phi) is 3.38. The molecule has 0 aromatic carbocycles. The summed E-state index contributed by atoms with van der Waals surface area (Å²) in [6, 6.07) is 0. The summed E-state index contributed by atoms with van der Waals surface area (Å²) >= 11 is 7.96. The summed E-state index contributed by atoms with van der Waals surface area (Å²) in [7, 11) is 0. The first-order valence-corrected chi connectivity index (χ1v) is 4.54. The molecule has 0 aliphatic carbocycles. The van der Waals surface area contributed by atoms with Crippen molar-refractivity contribution in [3.05, 3.63) is 21.8 Å². The molecule has 7 heteroatoms. The van der Waals surface area contributed by atoms with Crippen molar-refractivity contribution in [3.63, 3.8) is 0 Å². The predicted molar refractivity (Wildman–Crippen MR) is 51.5 cm³/mol. The minimum absolute atomic E-state index is 0.00528. The predicted octanol–water partition coefficient (Wildman–Crippen LogP) is 2.74. The summed E-state index contributed by atoms with van der Waals surface area (Å²) < 4.78 is 25.0. The van der Waals surface area contributed by atoms with Crippen LogP contribution in [0.3, 0.4) is 0 Å². The lowest BCUT2D eigenvalue weighted by Gasteiger charge is -2.08. The fraction of sp³-hybridized carbons (Fsp3) is 0.143. The van der Waals surface area contributed by atoms with Crippen LogP contribution in [0.5, 0.6) is 0 Å². The average molecular weight is 285 g/mol. The zero-order chi connectivity index (χ0) is 10.9. The number of anilines is 1. The Hall–Kier alpha value is -0.750. The molecule has 0 aliphatic rings. The van der Waals surface area contributed by atoms with Gasteiger partial charge >= 0.3 is 0 Å². The van der Waals surface area contributed by atoms with Crippen molar-refractivity contribution in [2.75, 3.05) is 5.73 Å². The summed E-state index contributed by atoms with van der Waals surface area (Å²) in [5.74, 6) is -0.302. The van der Waals surface area contributed by atoms with E-state index >= 15 is 0 Å². The minimum atomic E-state index is -2.84. The zero-order valence-electron chi connectivity index (χ0n) is 6.60. The first-order chi connectivity index (χ1) is 6.45. The highest BCUT2D eigenvalue weighted by molar-refractivity contribution is 9.10. The number of carbonyl (C=O) groups is 1. The van der Waals surface area contributed by atoms with Crippen LogP contribution in [0.25, 0.3) is 0 Å². The molecule has 0 saturated carbocycles. The van der Waals surface area contributed by atoms with E-state index in [2.05, 4.69) is 20.9 Å². The topological polar surface area (TPSA) is 56.0 Å². The van der Waals surface area contributed by atoms with Gasteiger partial charge in [-0.05, 0) is 27.5 Å². The highest BCUT2D eigenvalue weighted by Crippen LogP contribution is 2.33. The largest absolute Gasteiger partial charge is 0.383 e. The second-order valence-electron chi connectivity index (χ2n) is 2.35. The molecule has 0 fully saturated rings. The maximum Gasteiger partial charge on any atom is 0.265 e. The van der Waals surface area contributed by atoms with Gasteiger partial charge in [-0.25, -0.2) is 13.8 Å². The molecular weight excluding hydrogens is 281 g/mol. The van der Waals surface area contributed by atoms with Gasteiger partial charge in [-0.2, -0.15) is 0 Å². The van der Waals surface area contributed by atoms with Crippen LogP contribution in [0.1, 0.15) is 22.3 Å². The average Bonchev–Trinajstić information content (AvgIpc) is 2.07. The van der Waals surface area contributed by atoms with Gasteiger partial charge in [0.2, 0.25) is 0 Å². The second-order valence-corrected chi connectivity index (χ2v) is 3.55. The number of nitrogens with zero attached hydrogens (tertiary/aromatic N) is 1. The summed E-state index contributed by atoms with van der Waals surface area (Å²) in [6.45, 7) is 0. The van der Waals surface area contributed by atoms with E-state index in [0.29, 0.717) is 0 Å². The third-order valence-electron chi connectivity index (χ3n) is 1.51. The number of halogens is 4. The number of carbonyl (C=O) groups excluding carboxylic acids is 1. The molecule has 0 atom stereocenters. The molecule has 0 amide bonds. The third-order valence-corrected chi connectivity index (χ3v) is 2.34. The first-order valence-electron chi connectivity index (χ1n) is 3.37. The lowest BCUT2D eigenvalue weighted by Crippen LogP contribution is -2.06. The van der Waals surface area contributed by atoms with Crippen molar-refractivity contribution in [2.45, 2.75) is 6.43 Å². The first kappa shape index (κ1) is 11.3. The molecule has 1 heterocycles. The van der Waals surface area contributed by atoms with Crippen LogP contribution in [0.2, 0.25) is 0 Å². The van der Waals surface area contributed by atoms with Crippen molar-refractivity contribution in [2.24, 2.45) is 0 Å². The fourth-order valence-corrected chi connectivity index (χ4v) is 1.61. The smallest absolute Gasteiger partial charge is 0.265 e. The van der Waals surface area contributed by atoms with E-state index in [9.17, 15) is 13.6 Å².